The van der Waals surface area contributed by atoms with E-state index < -0.39 is 15.6 Å². The topological polar surface area (TPSA) is 72.2 Å². The molecule has 0 radical (unpaired) electrons. The van der Waals surface area contributed by atoms with Crippen LogP contribution >= 0.6 is 31.9 Å². The third kappa shape index (κ3) is 4.01. The summed E-state index contributed by atoms with van der Waals surface area (Å²) >= 11 is 6.58. The first-order chi connectivity index (χ1) is 8.80. The molecule has 0 unspecified atom stereocenters. The Morgan fingerprint density at radius 3 is 2.26 bits per heavy atom. The van der Waals surface area contributed by atoms with Gasteiger partial charge in [0.25, 0.3) is 0 Å². The van der Waals surface area contributed by atoms with Crippen LogP contribution in [0.3, 0.4) is 0 Å². The number of nitrogens with two attached hydrogens (primary N) is 1. The smallest absolute Gasteiger partial charge is 0.242 e. The van der Waals surface area contributed by atoms with Crippen molar-refractivity contribution in [2.75, 3.05) is 6.54 Å². The Hall–Kier alpha value is 0.0500. The van der Waals surface area contributed by atoms with Crippen molar-refractivity contribution in [3.05, 3.63) is 27.1 Å². The van der Waals surface area contributed by atoms with Gasteiger partial charge in [0, 0.05) is 21.0 Å². The summed E-state index contributed by atoms with van der Waals surface area (Å²) in [6, 6.07) is 4.96. The molecule has 0 saturated heterocycles. The first-order valence-corrected chi connectivity index (χ1v) is 9.06. The molecule has 0 atom stereocenters. The van der Waals surface area contributed by atoms with Gasteiger partial charge in [-0.05, 0) is 47.0 Å². The molecule has 0 saturated carbocycles. The molecule has 108 valence electrons. The van der Waals surface area contributed by atoms with Gasteiger partial charge in [-0.25, -0.2) is 13.1 Å². The zero-order valence-corrected chi connectivity index (χ0v) is 14.9. The minimum atomic E-state index is -3.60. The minimum absolute atomic E-state index is 0.218. The molecular formula is C12H18Br2N2O2S. The molecular weight excluding hydrogens is 396 g/mol. The maximum atomic E-state index is 12.4. The van der Waals surface area contributed by atoms with Gasteiger partial charge in [0.15, 0.2) is 0 Å². The normalized spacial score (nSPS) is 12.7. The van der Waals surface area contributed by atoms with Crippen LogP contribution in [0.4, 0.5) is 0 Å². The predicted molar refractivity (Wildman–Crippen MR) is 84.5 cm³/mol. The van der Waals surface area contributed by atoms with Gasteiger partial charge in [0.2, 0.25) is 10.0 Å². The van der Waals surface area contributed by atoms with Crippen LogP contribution in [-0.2, 0) is 10.0 Å². The summed E-state index contributed by atoms with van der Waals surface area (Å²) < 4.78 is 29.0. The summed E-state index contributed by atoms with van der Waals surface area (Å²) in [6.45, 7) is 4.12. The van der Waals surface area contributed by atoms with Crippen LogP contribution < -0.4 is 10.5 Å². The third-order valence-corrected chi connectivity index (χ3v) is 6.33. The van der Waals surface area contributed by atoms with Gasteiger partial charge in [-0.15, -0.1) is 0 Å². The molecule has 0 fully saturated rings. The van der Waals surface area contributed by atoms with Gasteiger partial charge in [-0.2, -0.15) is 0 Å². The van der Waals surface area contributed by atoms with Crippen molar-refractivity contribution in [3.63, 3.8) is 0 Å². The van der Waals surface area contributed by atoms with Gasteiger partial charge >= 0.3 is 0 Å². The van der Waals surface area contributed by atoms with Crippen molar-refractivity contribution in [1.82, 2.24) is 4.72 Å². The van der Waals surface area contributed by atoms with E-state index in [9.17, 15) is 8.42 Å². The van der Waals surface area contributed by atoms with Crippen molar-refractivity contribution in [2.24, 2.45) is 5.73 Å². The summed E-state index contributed by atoms with van der Waals surface area (Å²) in [5.41, 5.74) is 5.14. The van der Waals surface area contributed by atoms with E-state index in [1.807, 2.05) is 13.8 Å². The van der Waals surface area contributed by atoms with E-state index in [0.29, 0.717) is 17.3 Å². The third-order valence-electron chi connectivity index (χ3n) is 3.28. The van der Waals surface area contributed by atoms with Gasteiger partial charge < -0.3 is 5.73 Å². The number of benzene rings is 1. The minimum Gasteiger partial charge on any atom is -0.329 e. The quantitative estimate of drug-likeness (QED) is 0.752. The number of hydrogen-bond acceptors (Lipinski definition) is 3. The summed E-state index contributed by atoms with van der Waals surface area (Å²) in [4.78, 5) is 0.218. The molecule has 1 aromatic rings. The SMILES string of the molecule is CCC(CC)(CN)NS(=O)(=O)c1ccc(Br)cc1Br. The Morgan fingerprint density at radius 2 is 1.84 bits per heavy atom. The van der Waals surface area contributed by atoms with Crippen molar-refractivity contribution < 1.29 is 8.42 Å². The molecule has 4 nitrogen and oxygen atoms in total. The number of nitrogens with one attached hydrogen (secondary N) is 1. The number of rotatable bonds is 6. The van der Waals surface area contributed by atoms with E-state index in [0.717, 1.165) is 4.47 Å². The maximum absolute atomic E-state index is 12.4. The standard InChI is InChI=1S/C12H18Br2N2O2S/c1-3-12(4-2,8-15)16-19(17,18)11-6-5-9(13)7-10(11)14/h5-7,16H,3-4,8,15H2,1-2H3. The maximum Gasteiger partial charge on any atom is 0.242 e. The molecule has 1 rings (SSSR count). The fourth-order valence-electron chi connectivity index (χ4n) is 1.76. The zero-order chi connectivity index (χ0) is 14.7. The van der Waals surface area contributed by atoms with Crippen molar-refractivity contribution in [3.8, 4) is 0 Å². The Morgan fingerprint density at radius 1 is 1.26 bits per heavy atom. The predicted octanol–water partition coefficient (Wildman–Crippen LogP) is 3.01. The van der Waals surface area contributed by atoms with Crippen LogP contribution in [0.5, 0.6) is 0 Å². The molecule has 7 heteroatoms. The van der Waals surface area contributed by atoms with Crippen LogP contribution in [-0.4, -0.2) is 20.5 Å². The molecule has 0 aromatic heterocycles. The molecule has 0 bridgehead atoms. The molecule has 0 aliphatic rings. The van der Waals surface area contributed by atoms with E-state index in [1.54, 1.807) is 18.2 Å². The van der Waals surface area contributed by atoms with Gasteiger partial charge in [-0.1, -0.05) is 29.8 Å². The molecule has 0 aliphatic heterocycles. The molecule has 1 aromatic carbocycles. The van der Waals surface area contributed by atoms with Crippen molar-refractivity contribution in [2.45, 2.75) is 37.1 Å². The number of halogens is 2. The largest absolute Gasteiger partial charge is 0.329 e. The highest BCUT2D eigenvalue weighted by Crippen LogP contribution is 2.27. The monoisotopic (exact) mass is 412 g/mol. The number of sulfonamides is 1. The number of hydrogen-bond donors (Lipinski definition) is 2. The molecule has 0 heterocycles. The first-order valence-electron chi connectivity index (χ1n) is 5.99. The molecule has 0 amide bonds. The lowest BCUT2D eigenvalue weighted by Crippen LogP contribution is -2.52. The molecule has 0 spiro atoms. The summed E-state index contributed by atoms with van der Waals surface area (Å²) in [5.74, 6) is 0. The molecule has 19 heavy (non-hydrogen) atoms. The van der Waals surface area contributed by atoms with Crippen LogP contribution in [0, 0.1) is 0 Å². The van der Waals surface area contributed by atoms with E-state index in [1.165, 1.54) is 0 Å². The Kier molecular flexibility index (Phi) is 6.00. The van der Waals surface area contributed by atoms with E-state index in [4.69, 9.17) is 5.73 Å². The second kappa shape index (κ2) is 6.67. The van der Waals surface area contributed by atoms with Gasteiger partial charge in [0.05, 0.1) is 4.90 Å². The first kappa shape index (κ1) is 17.1. The summed E-state index contributed by atoms with van der Waals surface area (Å²) in [6.07, 6.45) is 1.29. The highest BCUT2D eigenvalue weighted by atomic mass is 79.9. The van der Waals surface area contributed by atoms with Crippen LogP contribution in [0.2, 0.25) is 0 Å². The zero-order valence-electron chi connectivity index (χ0n) is 10.9. The van der Waals surface area contributed by atoms with E-state index in [2.05, 4.69) is 36.6 Å². The lowest BCUT2D eigenvalue weighted by molar-refractivity contribution is 0.363. The van der Waals surface area contributed by atoms with Gasteiger partial charge in [0.1, 0.15) is 0 Å². The average molecular weight is 414 g/mol. The Labute approximate surface area is 131 Å². The fourth-order valence-corrected chi connectivity index (χ4v) is 5.06. The second-order valence-electron chi connectivity index (χ2n) is 4.37. The summed E-state index contributed by atoms with van der Waals surface area (Å²) in [7, 11) is -3.60. The van der Waals surface area contributed by atoms with Gasteiger partial charge in [-0.3, -0.25) is 0 Å². The Bertz CT molecular complexity index is 534. The lowest BCUT2D eigenvalue weighted by Gasteiger charge is -2.31. The Balaban J connectivity index is 3.17. The summed E-state index contributed by atoms with van der Waals surface area (Å²) in [5, 5.41) is 0. The van der Waals surface area contributed by atoms with Crippen LogP contribution in [0.25, 0.3) is 0 Å². The van der Waals surface area contributed by atoms with E-state index in [-0.39, 0.29) is 11.4 Å². The fraction of sp³-hybridized carbons (Fsp3) is 0.500. The average Bonchev–Trinajstić information content (AvgIpc) is 2.35. The van der Waals surface area contributed by atoms with E-state index >= 15 is 0 Å². The highest BCUT2D eigenvalue weighted by Gasteiger charge is 2.31. The van der Waals surface area contributed by atoms with Crippen molar-refractivity contribution >= 4 is 41.9 Å². The molecule has 0 aliphatic carbocycles. The second-order valence-corrected chi connectivity index (χ2v) is 7.79. The van der Waals surface area contributed by atoms with Crippen LogP contribution in [0.15, 0.2) is 32.0 Å². The highest BCUT2D eigenvalue weighted by molar-refractivity contribution is 9.11. The lowest BCUT2D eigenvalue weighted by atomic mass is 9.95. The van der Waals surface area contributed by atoms with Crippen LogP contribution in [0.1, 0.15) is 26.7 Å². The molecule has 3 N–H and O–H groups in total. The van der Waals surface area contributed by atoms with Crippen molar-refractivity contribution in [1.29, 1.82) is 0 Å².